The SMILES string of the molecule is Cc1cccc2c1N(C(=O)CC1OCCc3ccccc31)CC2. The third kappa shape index (κ3) is 2.55. The van der Waals surface area contributed by atoms with Crippen LogP contribution < -0.4 is 4.90 Å². The second-order valence-electron chi connectivity index (χ2n) is 6.39. The number of hydrogen-bond donors (Lipinski definition) is 0. The Labute approximate surface area is 136 Å². The molecule has 118 valence electrons. The highest BCUT2D eigenvalue weighted by Gasteiger charge is 2.30. The monoisotopic (exact) mass is 307 g/mol. The lowest BCUT2D eigenvalue weighted by Crippen LogP contribution is -2.32. The van der Waals surface area contributed by atoms with Gasteiger partial charge in [0.1, 0.15) is 0 Å². The van der Waals surface area contributed by atoms with Gasteiger partial charge in [-0.3, -0.25) is 4.79 Å². The lowest BCUT2D eigenvalue weighted by atomic mass is 9.95. The second kappa shape index (κ2) is 5.82. The molecule has 0 N–H and O–H groups in total. The maximum atomic E-state index is 12.9. The Balaban J connectivity index is 1.57. The van der Waals surface area contributed by atoms with Crippen molar-refractivity contribution < 1.29 is 9.53 Å². The minimum atomic E-state index is -0.111. The Hall–Kier alpha value is -2.13. The zero-order valence-electron chi connectivity index (χ0n) is 13.4. The zero-order chi connectivity index (χ0) is 15.8. The van der Waals surface area contributed by atoms with Gasteiger partial charge in [0.05, 0.1) is 19.1 Å². The van der Waals surface area contributed by atoms with Gasteiger partial charge in [0.15, 0.2) is 0 Å². The van der Waals surface area contributed by atoms with Crippen molar-refractivity contribution in [1.29, 1.82) is 0 Å². The number of carbonyl (C=O) groups is 1. The van der Waals surface area contributed by atoms with Gasteiger partial charge in [0.2, 0.25) is 5.91 Å². The number of carbonyl (C=O) groups excluding carboxylic acids is 1. The molecule has 0 aromatic heterocycles. The van der Waals surface area contributed by atoms with Crippen LogP contribution in [0.25, 0.3) is 0 Å². The first-order chi connectivity index (χ1) is 11.2. The second-order valence-corrected chi connectivity index (χ2v) is 6.39. The number of ether oxygens (including phenoxy) is 1. The number of amides is 1. The molecule has 2 aromatic rings. The van der Waals surface area contributed by atoms with Gasteiger partial charge < -0.3 is 9.64 Å². The first kappa shape index (κ1) is 14.5. The summed E-state index contributed by atoms with van der Waals surface area (Å²) in [6.45, 7) is 3.56. The first-order valence-corrected chi connectivity index (χ1v) is 8.32. The van der Waals surface area contributed by atoms with Crippen molar-refractivity contribution in [2.45, 2.75) is 32.3 Å². The Morgan fingerprint density at radius 3 is 2.87 bits per heavy atom. The van der Waals surface area contributed by atoms with E-state index in [4.69, 9.17) is 4.74 Å². The summed E-state index contributed by atoms with van der Waals surface area (Å²) in [7, 11) is 0. The van der Waals surface area contributed by atoms with E-state index in [0.29, 0.717) is 13.0 Å². The maximum Gasteiger partial charge on any atom is 0.229 e. The van der Waals surface area contributed by atoms with Gasteiger partial charge in [-0.05, 0) is 42.0 Å². The molecule has 0 fully saturated rings. The third-order valence-electron chi connectivity index (χ3n) is 4.95. The molecule has 2 aromatic carbocycles. The molecule has 2 aliphatic rings. The van der Waals surface area contributed by atoms with Crippen molar-refractivity contribution in [3.8, 4) is 0 Å². The third-order valence-corrected chi connectivity index (χ3v) is 4.95. The minimum absolute atomic E-state index is 0.111. The summed E-state index contributed by atoms with van der Waals surface area (Å²) in [6.07, 6.45) is 2.20. The van der Waals surface area contributed by atoms with Gasteiger partial charge in [-0.1, -0.05) is 42.5 Å². The molecule has 23 heavy (non-hydrogen) atoms. The summed E-state index contributed by atoms with van der Waals surface area (Å²) in [5.74, 6) is 0.166. The molecule has 3 nitrogen and oxygen atoms in total. The van der Waals surface area contributed by atoms with Gasteiger partial charge in [-0.25, -0.2) is 0 Å². The summed E-state index contributed by atoms with van der Waals surface area (Å²) < 4.78 is 5.91. The fourth-order valence-corrected chi connectivity index (χ4v) is 3.82. The van der Waals surface area contributed by atoms with Crippen molar-refractivity contribution in [1.82, 2.24) is 0 Å². The van der Waals surface area contributed by atoms with E-state index in [9.17, 15) is 4.79 Å². The molecule has 0 radical (unpaired) electrons. The van der Waals surface area contributed by atoms with Crippen LogP contribution in [0.5, 0.6) is 0 Å². The van der Waals surface area contributed by atoms with Crippen LogP contribution in [-0.4, -0.2) is 19.1 Å². The highest BCUT2D eigenvalue weighted by Crippen LogP contribution is 2.35. The minimum Gasteiger partial charge on any atom is -0.373 e. The van der Waals surface area contributed by atoms with Gasteiger partial charge in [0.25, 0.3) is 0 Å². The number of para-hydroxylation sites is 1. The quantitative estimate of drug-likeness (QED) is 0.848. The molecule has 4 rings (SSSR count). The molecular formula is C20H21NO2. The van der Waals surface area contributed by atoms with Crippen LogP contribution in [0, 0.1) is 6.92 Å². The Bertz CT molecular complexity index is 753. The molecule has 1 atom stereocenters. The number of benzene rings is 2. The van der Waals surface area contributed by atoms with Crippen LogP contribution in [-0.2, 0) is 22.4 Å². The molecule has 2 heterocycles. The molecule has 0 saturated heterocycles. The van der Waals surface area contributed by atoms with Crippen LogP contribution >= 0.6 is 0 Å². The van der Waals surface area contributed by atoms with Crippen molar-refractivity contribution in [3.05, 3.63) is 64.7 Å². The van der Waals surface area contributed by atoms with Crippen molar-refractivity contribution >= 4 is 11.6 Å². The lowest BCUT2D eigenvalue weighted by molar-refractivity contribution is -0.121. The number of nitrogens with zero attached hydrogens (tertiary/aromatic N) is 1. The fourth-order valence-electron chi connectivity index (χ4n) is 3.82. The van der Waals surface area contributed by atoms with E-state index in [1.54, 1.807) is 0 Å². The van der Waals surface area contributed by atoms with Crippen LogP contribution in [0.3, 0.4) is 0 Å². The van der Waals surface area contributed by atoms with Gasteiger partial charge in [-0.2, -0.15) is 0 Å². The van der Waals surface area contributed by atoms with Crippen molar-refractivity contribution in [3.63, 3.8) is 0 Å². The smallest absolute Gasteiger partial charge is 0.229 e. The average molecular weight is 307 g/mol. The largest absolute Gasteiger partial charge is 0.373 e. The number of rotatable bonds is 2. The van der Waals surface area contributed by atoms with Crippen LogP contribution in [0.15, 0.2) is 42.5 Å². The number of fused-ring (bicyclic) bond motifs is 2. The molecule has 0 aliphatic carbocycles. The lowest BCUT2D eigenvalue weighted by Gasteiger charge is -2.28. The molecule has 1 unspecified atom stereocenters. The van der Waals surface area contributed by atoms with E-state index >= 15 is 0 Å². The average Bonchev–Trinajstić information content (AvgIpc) is 3.01. The number of aryl methyl sites for hydroxylation is 1. The van der Waals surface area contributed by atoms with Crippen LogP contribution in [0.4, 0.5) is 5.69 Å². The van der Waals surface area contributed by atoms with Crippen LogP contribution in [0.2, 0.25) is 0 Å². The summed E-state index contributed by atoms with van der Waals surface area (Å²) in [5, 5.41) is 0. The van der Waals surface area contributed by atoms with E-state index < -0.39 is 0 Å². The van der Waals surface area contributed by atoms with Gasteiger partial charge in [-0.15, -0.1) is 0 Å². The van der Waals surface area contributed by atoms with Crippen molar-refractivity contribution in [2.24, 2.45) is 0 Å². The highest BCUT2D eigenvalue weighted by atomic mass is 16.5. The molecule has 2 aliphatic heterocycles. The van der Waals surface area contributed by atoms with Gasteiger partial charge >= 0.3 is 0 Å². The molecule has 0 bridgehead atoms. The maximum absolute atomic E-state index is 12.9. The Morgan fingerprint density at radius 2 is 1.96 bits per heavy atom. The zero-order valence-corrected chi connectivity index (χ0v) is 13.4. The summed E-state index contributed by atoms with van der Waals surface area (Å²) >= 11 is 0. The van der Waals surface area contributed by atoms with Gasteiger partial charge in [0, 0.05) is 12.2 Å². The molecule has 1 amide bonds. The summed E-state index contributed by atoms with van der Waals surface area (Å²) in [6, 6.07) is 14.6. The molecule has 0 spiro atoms. The Kier molecular flexibility index (Phi) is 3.66. The van der Waals surface area contributed by atoms with E-state index in [1.807, 2.05) is 11.0 Å². The van der Waals surface area contributed by atoms with E-state index in [0.717, 1.165) is 25.1 Å². The predicted molar refractivity (Wildman–Crippen MR) is 90.7 cm³/mol. The summed E-state index contributed by atoms with van der Waals surface area (Å²) in [4.78, 5) is 14.8. The number of anilines is 1. The molecule has 3 heteroatoms. The first-order valence-electron chi connectivity index (χ1n) is 8.32. The fraction of sp³-hybridized carbons (Fsp3) is 0.350. The van der Waals surface area contributed by atoms with E-state index in [1.165, 1.54) is 22.3 Å². The topological polar surface area (TPSA) is 29.5 Å². The Morgan fingerprint density at radius 1 is 1.13 bits per heavy atom. The molecule has 0 saturated carbocycles. The normalized spacial score (nSPS) is 19.3. The summed E-state index contributed by atoms with van der Waals surface area (Å²) in [5.41, 5.74) is 6.06. The molecular weight excluding hydrogens is 286 g/mol. The number of hydrogen-bond acceptors (Lipinski definition) is 2. The highest BCUT2D eigenvalue weighted by molar-refractivity contribution is 5.96. The van der Waals surface area contributed by atoms with E-state index in [-0.39, 0.29) is 12.0 Å². The standard InChI is InChI=1S/C20H21NO2/c1-14-5-4-7-16-9-11-21(20(14)16)19(22)13-18-17-8-3-2-6-15(17)10-12-23-18/h2-8,18H,9-13H2,1H3. The van der Waals surface area contributed by atoms with E-state index in [2.05, 4.69) is 43.3 Å². The van der Waals surface area contributed by atoms with Crippen molar-refractivity contribution in [2.75, 3.05) is 18.1 Å². The predicted octanol–water partition coefficient (Wildman–Crippen LogP) is 3.59. The van der Waals surface area contributed by atoms with Crippen LogP contribution in [0.1, 0.15) is 34.8 Å².